The zero-order chi connectivity index (χ0) is 15.5. The van der Waals surface area contributed by atoms with E-state index in [1.807, 2.05) is 0 Å². The Balaban J connectivity index is 2.24. The average molecular weight is 372 g/mol. The van der Waals surface area contributed by atoms with E-state index in [4.69, 9.17) is 5.11 Å². The van der Waals surface area contributed by atoms with Crippen molar-refractivity contribution in [2.45, 2.75) is 11.4 Å². The molecule has 1 aromatic heterocycles. The molecule has 2 N–H and O–H groups in total. The van der Waals surface area contributed by atoms with Gasteiger partial charge in [0.15, 0.2) is 0 Å². The Morgan fingerprint density at radius 3 is 2.71 bits per heavy atom. The van der Waals surface area contributed by atoms with Crippen molar-refractivity contribution in [2.24, 2.45) is 0 Å². The fraction of sp³-hybridized carbons (Fsp3) is 0.0833. The maximum Gasteiger partial charge on any atom is 0.336 e. The third-order valence-electron chi connectivity index (χ3n) is 2.55. The Hall–Kier alpha value is -1.84. The molecule has 0 radical (unpaired) electrons. The SMILES string of the molecule is O=C(O)c1cc(S(=O)(=O)NCc2cccnn2)ccc1Br. The smallest absolute Gasteiger partial charge is 0.336 e. The normalized spacial score (nSPS) is 11.3. The lowest BCUT2D eigenvalue weighted by molar-refractivity contribution is 0.0695. The number of rotatable bonds is 5. The summed E-state index contributed by atoms with van der Waals surface area (Å²) in [5, 5.41) is 16.4. The van der Waals surface area contributed by atoms with Gasteiger partial charge >= 0.3 is 5.97 Å². The van der Waals surface area contributed by atoms with Crippen LogP contribution in [0.5, 0.6) is 0 Å². The maximum atomic E-state index is 12.1. The summed E-state index contributed by atoms with van der Waals surface area (Å²) in [6.07, 6.45) is 1.48. The van der Waals surface area contributed by atoms with E-state index < -0.39 is 16.0 Å². The molecule has 9 heteroatoms. The van der Waals surface area contributed by atoms with Crippen molar-refractivity contribution in [2.75, 3.05) is 0 Å². The number of hydrogen-bond donors (Lipinski definition) is 2. The summed E-state index contributed by atoms with van der Waals surface area (Å²) in [6, 6.07) is 7.04. The molecule has 0 bridgehead atoms. The molecule has 1 aromatic carbocycles. The minimum Gasteiger partial charge on any atom is -0.478 e. The molecule has 0 fully saturated rings. The number of nitrogens with one attached hydrogen (secondary N) is 1. The first-order valence-electron chi connectivity index (χ1n) is 5.69. The number of carbonyl (C=O) groups is 1. The topological polar surface area (TPSA) is 109 Å². The van der Waals surface area contributed by atoms with Crippen molar-refractivity contribution in [3.05, 3.63) is 52.3 Å². The van der Waals surface area contributed by atoms with Crippen LogP contribution in [0.4, 0.5) is 0 Å². The minimum absolute atomic E-state index is 0.0331. The summed E-state index contributed by atoms with van der Waals surface area (Å²) in [5.41, 5.74) is 0.328. The highest BCUT2D eigenvalue weighted by atomic mass is 79.9. The van der Waals surface area contributed by atoms with Crippen LogP contribution in [0.3, 0.4) is 0 Å². The third-order valence-corrected chi connectivity index (χ3v) is 4.64. The highest BCUT2D eigenvalue weighted by Gasteiger charge is 2.18. The third kappa shape index (κ3) is 3.84. The van der Waals surface area contributed by atoms with Crippen LogP contribution in [0.2, 0.25) is 0 Å². The van der Waals surface area contributed by atoms with E-state index in [2.05, 4.69) is 30.8 Å². The van der Waals surface area contributed by atoms with E-state index in [-0.39, 0.29) is 17.0 Å². The van der Waals surface area contributed by atoms with Gasteiger partial charge in [0.25, 0.3) is 0 Å². The predicted molar refractivity (Wildman–Crippen MR) is 77.2 cm³/mol. The zero-order valence-electron chi connectivity index (χ0n) is 10.5. The Labute approximate surface area is 129 Å². The van der Waals surface area contributed by atoms with Gasteiger partial charge in [-0.1, -0.05) is 0 Å². The summed E-state index contributed by atoms with van der Waals surface area (Å²) < 4.78 is 26.9. The molecule has 0 atom stereocenters. The fourth-order valence-electron chi connectivity index (χ4n) is 1.52. The molecule has 0 saturated carbocycles. The molecule has 0 aliphatic carbocycles. The number of benzene rings is 1. The number of nitrogens with zero attached hydrogens (tertiary/aromatic N) is 2. The molecule has 2 aromatic rings. The molecule has 0 spiro atoms. The first kappa shape index (κ1) is 15.5. The van der Waals surface area contributed by atoms with Crippen molar-refractivity contribution in [1.29, 1.82) is 0 Å². The minimum atomic E-state index is -3.83. The first-order chi connectivity index (χ1) is 9.90. The lowest BCUT2D eigenvalue weighted by Crippen LogP contribution is -2.24. The average Bonchev–Trinajstić information content (AvgIpc) is 2.46. The number of aromatic nitrogens is 2. The van der Waals surface area contributed by atoms with Gasteiger partial charge in [-0.3, -0.25) is 0 Å². The Morgan fingerprint density at radius 1 is 1.33 bits per heavy atom. The van der Waals surface area contributed by atoms with Gasteiger partial charge in [0, 0.05) is 10.7 Å². The van der Waals surface area contributed by atoms with Crippen molar-refractivity contribution >= 4 is 31.9 Å². The summed E-state index contributed by atoms with van der Waals surface area (Å²) in [7, 11) is -3.83. The van der Waals surface area contributed by atoms with Crippen LogP contribution in [0.1, 0.15) is 16.1 Å². The lowest BCUT2D eigenvalue weighted by atomic mass is 10.2. The Bertz CT molecular complexity index is 765. The summed E-state index contributed by atoms with van der Waals surface area (Å²) in [5.74, 6) is -1.21. The second kappa shape index (κ2) is 6.29. The van der Waals surface area contributed by atoms with Crippen molar-refractivity contribution in [3.8, 4) is 0 Å². The fourth-order valence-corrected chi connectivity index (χ4v) is 2.96. The molecule has 0 aliphatic rings. The van der Waals surface area contributed by atoms with Crippen molar-refractivity contribution in [3.63, 3.8) is 0 Å². The summed E-state index contributed by atoms with van der Waals surface area (Å²) in [6.45, 7) is -0.0331. The van der Waals surface area contributed by atoms with E-state index in [0.717, 1.165) is 6.07 Å². The monoisotopic (exact) mass is 371 g/mol. The van der Waals surface area contributed by atoms with Gasteiger partial charge in [0.05, 0.1) is 22.7 Å². The van der Waals surface area contributed by atoms with E-state index in [0.29, 0.717) is 10.2 Å². The number of sulfonamides is 1. The van der Waals surface area contributed by atoms with E-state index >= 15 is 0 Å². The van der Waals surface area contributed by atoms with Crippen LogP contribution in [-0.4, -0.2) is 29.7 Å². The van der Waals surface area contributed by atoms with Gasteiger partial charge in [-0.25, -0.2) is 17.9 Å². The summed E-state index contributed by atoms with van der Waals surface area (Å²) >= 11 is 3.06. The van der Waals surface area contributed by atoms with Gasteiger partial charge in [-0.2, -0.15) is 10.2 Å². The van der Waals surface area contributed by atoms with Gasteiger partial charge in [-0.05, 0) is 46.3 Å². The van der Waals surface area contributed by atoms with Crippen LogP contribution in [0.15, 0.2) is 45.9 Å². The van der Waals surface area contributed by atoms with E-state index in [9.17, 15) is 13.2 Å². The Kier molecular flexibility index (Phi) is 4.66. The number of aromatic carboxylic acids is 1. The van der Waals surface area contributed by atoms with Crippen LogP contribution in [0, 0.1) is 0 Å². The molecule has 7 nitrogen and oxygen atoms in total. The number of halogens is 1. The molecule has 2 rings (SSSR count). The van der Waals surface area contributed by atoms with Gasteiger partial charge in [0.2, 0.25) is 10.0 Å². The van der Waals surface area contributed by atoms with Crippen LogP contribution < -0.4 is 4.72 Å². The predicted octanol–water partition coefficient (Wildman–Crippen LogP) is 1.42. The molecule has 1 heterocycles. The standard InChI is InChI=1S/C12H10BrN3O4S/c13-11-4-3-9(6-10(11)12(17)18)21(19,20)15-7-8-2-1-5-14-16-8/h1-6,15H,7H2,(H,17,18). The van der Waals surface area contributed by atoms with Crippen LogP contribution in [-0.2, 0) is 16.6 Å². The number of hydrogen-bond acceptors (Lipinski definition) is 5. The second-order valence-corrected chi connectivity index (χ2v) is 6.61. The van der Waals surface area contributed by atoms with Crippen molar-refractivity contribution < 1.29 is 18.3 Å². The largest absolute Gasteiger partial charge is 0.478 e. The lowest BCUT2D eigenvalue weighted by Gasteiger charge is -2.07. The quantitative estimate of drug-likeness (QED) is 0.822. The van der Waals surface area contributed by atoms with Crippen molar-refractivity contribution in [1.82, 2.24) is 14.9 Å². The van der Waals surface area contributed by atoms with Gasteiger partial charge in [0.1, 0.15) is 0 Å². The zero-order valence-corrected chi connectivity index (χ0v) is 12.9. The van der Waals surface area contributed by atoms with Crippen LogP contribution in [0.25, 0.3) is 0 Å². The molecule has 0 saturated heterocycles. The molecule has 21 heavy (non-hydrogen) atoms. The molecule has 0 aliphatic heterocycles. The molecule has 0 unspecified atom stereocenters. The Morgan fingerprint density at radius 2 is 2.10 bits per heavy atom. The van der Waals surface area contributed by atoms with Crippen LogP contribution >= 0.6 is 15.9 Å². The molecule has 0 amide bonds. The number of carboxylic acids is 1. The number of carboxylic acid groups (broad SMARTS) is 1. The highest BCUT2D eigenvalue weighted by Crippen LogP contribution is 2.21. The van der Waals surface area contributed by atoms with Gasteiger partial charge in [-0.15, -0.1) is 0 Å². The van der Waals surface area contributed by atoms with Gasteiger partial charge < -0.3 is 5.11 Å². The van der Waals surface area contributed by atoms with E-state index in [1.54, 1.807) is 12.1 Å². The molecular weight excluding hydrogens is 362 g/mol. The second-order valence-electron chi connectivity index (χ2n) is 3.99. The molecular formula is C12H10BrN3O4S. The summed E-state index contributed by atoms with van der Waals surface area (Å²) in [4.78, 5) is 10.9. The van der Waals surface area contributed by atoms with E-state index in [1.165, 1.54) is 18.3 Å². The first-order valence-corrected chi connectivity index (χ1v) is 7.97. The molecule has 110 valence electrons. The highest BCUT2D eigenvalue weighted by molar-refractivity contribution is 9.10. The maximum absolute atomic E-state index is 12.1.